The minimum absolute atomic E-state index is 0.180. The highest BCUT2D eigenvalue weighted by molar-refractivity contribution is 5.99. The molecule has 5 rings (SSSR count). The molecule has 0 saturated heterocycles. The number of rotatable bonds is 1. The van der Waals surface area contributed by atoms with Crippen LogP contribution in [0.3, 0.4) is 0 Å². The van der Waals surface area contributed by atoms with E-state index in [2.05, 4.69) is 66.7 Å². The lowest BCUT2D eigenvalue weighted by molar-refractivity contribution is 0.135. The molecule has 3 aromatic rings. The molecule has 1 saturated carbocycles. The van der Waals surface area contributed by atoms with Crippen molar-refractivity contribution in [3.63, 3.8) is 0 Å². The molecule has 2 aliphatic rings. The van der Waals surface area contributed by atoms with Gasteiger partial charge in [0.15, 0.2) is 0 Å². The van der Waals surface area contributed by atoms with Crippen molar-refractivity contribution in [1.29, 1.82) is 0 Å². The summed E-state index contributed by atoms with van der Waals surface area (Å²) in [4.78, 5) is 0. The Bertz CT molecular complexity index is 908. The normalized spacial score (nSPS) is 29.7. The third kappa shape index (κ3) is 1.63. The van der Waals surface area contributed by atoms with E-state index < -0.39 is 0 Å². The van der Waals surface area contributed by atoms with Crippen molar-refractivity contribution in [3.8, 4) is 0 Å². The zero-order chi connectivity index (χ0) is 14.7. The van der Waals surface area contributed by atoms with E-state index in [1.807, 2.05) is 0 Å². The topological polar surface area (TPSA) is 20.2 Å². The van der Waals surface area contributed by atoms with Crippen LogP contribution in [-0.4, -0.2) is 11.2 Å². The van der Waals surface area contributed by atoms with E-state index >= 15 is 0 Å². The Morgan fingerprint density at radius 1 is 0.818 bits per heavy atom. The summed E-state index contributed by atoms with van der Waals surface area (Å²) in [6, 6.07) is 19.8. The molecule has 1 N–H and O–H groups in total. The molecule has 1 fully saturated rings. The first-order valence-corrected chi connectivity index (χ1v) is 8.09. The van der Waals surface area contributed by atoms with E-state index in [4.69, 9.17) is 0 Å². The highest BCUT2D eigenvalue weighted by atomic mass is 16.3. The molecule has 0 radical (unpaired) electrons. The van der Waals surface area contributed by atoms with E-state index in [1.54, 1.807) is 0 Å². The Morgan fingerprint density at radius 2 is 1.59 bits per heavy atom. The molecule has 1 heteroatoms. The standard InChI is InChI=1S/C21H18O/c22-21-16-8-9-18(21)20(12-16)17-7-3-6-15-10-13-4-1-2-5-14(13)11-19(15)17/h1-11,16,18,20-22H,12H2. The summed E-state index contributed by atoms with van der Waals surface area (Å²) in [7, 11) is 0. The molecule has 0 spiro atoms. The zero-order valence-corrected chi connectivity index (χ0v) is 12.3. The Morgan fingerprint density at radius 3 is 2.32 bits per heavy atom. The van der Waals surface area contributed by atoms with Crippen molar-refractivity contribution in [1.82, 2.24) is 0 Å². The zero-order valence-electron chi connectivity index (χ0n) is 12.3. The van der Waals surface area contributed by atoms with Gasteiger partial charge >= 0.3 is 0 Å². The first-order valence-electron chi connectivity index (χ1n) is 8.09. The number of aliphatic hydroxyl groups excluding tert-OH is 1. The fourth-order valence-corrected chi connectivity index (χ4v) is 4.47. The number of benzene rings is 3. The van der Waals surface area contributed by atoms with Crippen LogP contribution in [-0.2, 0) is 0 Å². The lowest BCUT2D eigenvalue weighted by Gasteiger charge is -2.21. The molecule has 0 heterocycles. The summed E-state index contributed by atoms with van der Waals surface area (Å²) in [5.41, 5.74) is 1.40. The summed E-state index contributed by atoms with van der Waals surface area (Å²) in [5.74, 6) is 1.10. The predicted molar refractivity (Wildman–Crippen MR) is 90.9 cm³/mol. The van der Waals surface area contributed by atoms with Gasteiger partial charge in [-0.05, 0) is 51.6 Å². The van der Waals surface area contributed by atoms with Crippen molar-refractivity contribution >= 4 is 21.5 Å². The summed E-state index contributed by atoms with van der Waals surface area (Å²) in [5, 5.41) is 15.6. The fraction of sp³-hybridized carbons (Fsp3) is 0.238. The van der Waals surface area contributed by atoms with Gasteiger partial charge in [-0.2, -0.15) is 0 Å². The number of hydrogen-bond donors (Lipinski definition) is 1. The highest BCUT2D eigenvalue weighted by Crippen LogP contribution is 2.50. The van der Waals surface area contributed by atoms with E-state index in [0.29, 0.717) is 17.8 Å². The smallest absolute Gasteiger partial charge is 0.0671 e. The Kier molecular flexibility index (Phi) is 2.51. The Hall–Kier alpha value is -2.12. The summed E-state index contributed by atoms with van der Waals surface area (Å²) >= 11 is 0. The first kappa shape index (κ1) is 12.4. The van der Waals surface area contributed by atoms with Gasteiger partial charge in [-0.1, -0.05) is 54.6 Å². The largest absolute Gasteiger partial charge is 0.392 e. The van der Waals surface area contributed by atoms with Gasteiger partial charge in [0, 0.05) is 11.8 Å². The lowest BCUT2D eigenvalue weighted by atomic mass is 9.83. The maximum Gasteiger partial charge on any atom is 0.0671 e. The average Bonchev–Trinajstić information content (AvgIpc) is 3.07. The Labute approximate surface area is 129 Å². The molecule has 4 atom stereocenters. The second-order valence-corrected chi connectivity index (χ2v) is 6.73. The molecule has 0 aromatic heterocycles. The predicted octanol–water partition coefficient (Wildman–Crippen LogP) is 4.64. The van der Waals surface area contributed by atoms with Crippen LogP contribution >= 0.6 is 0 Å². The molecule has 0 aliphatic heterocycles. The van der Waals surface area contributed by atoms with Crippen LogP contribution in [0.5, 0.6) is 0 Å². The third-order valence-corrected chi connectivity index (χ3v) is 5.58. The van der Waals surface area contributed by atoms with Gasteiger partial charge in [-0.25, -0.2) is 0 Å². The quantitative estimate of drug-likeness (QED) is 0.510. The molecular weight excluding hydrogens is 268 g/mol. The van der Waals surface area contributed by atoms with E-state index in [1.165, 1.54) is 27.1 Å². The van der Waals surface area contributed by atoms with Crippen molar-refractivity contribution < 1.29 is 5.11 Å². The van der Waals surface area contributed by atoms with Crippen LogP contribution in [0, 0.1) is 11.8 Å². The molecule has 3 aromatic carbocycles. The monoisotopic (exact) mass is 286 g/mol. The number of hydrogen-bond acceptors (Lipinski definition) is 1. The van der Waals surface area contributed by atoms with Crippen molar-refractivity contribution in [2.45, 2.75) is 18.4 Å². The van der Waals surface area contributed by atoms with Gasteiger partial charge in [0.05, 0.1) is 6.10 Å². The fourth-order valence-electron chi connectivity index (χ4n) is 4.47. The maximum absolute atomic E-state index is 10.3. The van der Waals surface area contributed by atoms with E-state index in [9.17, 15) is 5.11 Å². The van der Waals surface area contributed by atoms with Gasteiger partial charge in [0.2, 0.25) is 0 Å². The van der Waals surface area contributed by atoms with Gasteiger partial charge in [-0.15, -0.1) is 0 Å². The molecule has 108 valence electrons. The maximum atomic E-state index is 10.3. The molecule has 2 bridgehead atoms. The van der Waals surface area contributed by atoms with Crippen molar-refractivity contribution in [2.24, 2.45) is 11.8 Å². The first-order chi connectivity index (χ1) is 10.8. The second kappa shape index (κ2) is 4.44. The van der Waals surface area contributed by atoms with Gasteiger partial charge < -0.3 is 5.11 Å². The van der Waals surface area contributed by atoms with E-state index in [0.717, 1.165) is 6.42 Å². The third-order valence-electron chi connectivity index (χ3n) is 5.58. The van der Waals surface area contributed by atoms with Crippen LogP contribution < -0.4 is 0 Å². The summed E-state index contributed by atoms with van der Waals surface area (Å²) in [6.45, 7) is 0. The van der Waals surface area contributed by atoms with Gasteiger partial charge in [0.25, 0.3) is 0 Å². The average molecular weight is 286 g/mol. The highest BCUT2D eigenvalue weighted by Gasteiger charge is 2.44. The summed E-state index contributed by atoms with van der Waals surface area (Å²) < 4.78 is 0. The molecule has 4 unspecified atom stereocenters. The lowest BCUT2D eigenvalue weighted by Crippen LogP contribution is -2.15. The van der Waals surface area contributed by atoms with Crippen LogP contribution in [0.15, 0.2) is 66.7 Å². The number of fused-ring (bicyclic) bond motifs is 4. The van der Waals surface area contributed by atoms with Crippen LogP contribution in [0.1, 0.15) is 17.9 Å². The molecule has 1 nitrogen and oxygen atoms in total. The van der Waals surface area contributed by atoms with Gasteiger partial charge in [0.1, 0.15) is 0 Å². The van der Waals surface area contributed by atoms with E-state index in [-0.39, 0.29) is 6.10 Å². The minimum Gasteiger partial charge on any atom is -0.392 e. The van der Waals surface area contributed by atoms with Crippen LogP contribution in [0.4, 0.5) is 0 Å². The second-order valence-electron chi connectivity index (χ2n) is 6.73. The van der Waals surface area contributed by atoms with Crippen molar-refractivity contribution in [3.05, 3.63) is 72.3 Å². The van der Waals surface area contributed by atoms with Crippen LogP contribution in [0.25, 0.3) is 21.5 Å². The van der Waals surface area contributed by atoms with Crippen LogP contribution in [0.2, 0.25) is 0 Å². The molecule has 2 aliphatic carbocycles. The summed E-state index contributed by atoms with van der Waals surface area (Å²) in [6.07, 6.45) is 5.32. The minimum atomic E-state index is -0.180. The molecule has 0 amide bonds. The van der Waals surface area contributed by atoms with Gasteiger partial charge in [-0.3, -0.25) is 0 Å². The van der Waals surface area contributed by atoms with Crippen molar-refractivity contribution in [2.75, 3.05) is 0 Å². The number of aliphatic hydroxyl groups is 1. The molecule has 22 heavy (non-hydrogen) atoms. The SMILES string of the molecule is OC1C2C=CC1C(c1cccc3cc4ccccc4cc13)C2. The Balaban J connectivity index is 1.74. The molecular formula is C21H18O.